The summed E-state index contributed by atoms with van der Waals surface area (Å²) in [6.45, 7) is 4.13. The van der Waals surface area contributed by atoms with Gasteiger partial charge in [0.1, 0.15) is 0 Å². The molecule has 14 heavy (non-hydrogen) atoms. The normalized spacial score (nSPS) is 13.1. The molecule has 0 fully saturated rings. The third-order valence-electron chi connectivity index (χ3n) is 2.42. The van der Waals surface area contributed by atoms with Gasteiger partial charge in [-0.15, -0.1) is 0 Å². The van der Waals surface area contributed by atoms with E-state index in [2.05, 4.69) is 16.8 Å². The topological polar surface area (TPSA) is 38.7 Å². The first-order valence-electron chi connectivity index (χ1n) is 5.78. The Balaban J connectivity index is 2.98. The number of unbranched alkanes of at least 4 members (excludes halogenated alkanes) is 6. The Morgan fingerprint density at radius 3 is 2.14 bits per heavy atom. The van der Waals surface area contributed by atoms with Crippen LogP contribution in [-0.2, 0) is 9.93 Å². The van der Waals surface area contributed by atoms with Crippen molar-refractivity contribution in [1.29, 1.82) is 0 Å². The monoisotopic (exact) mass is 204 g/mol. The van der Waals surface area contributed by atoms with E-state index in [1.165, 1.54) is 38.5 Å². The van der Waals surface area contributed by atoms with Crippen LogP contribution in [-0.4, -0.2) is 11.4 Å². The molecular weight excluding hydrogens is 180 g/mol. The lowest BCUT2D eigenvalue weighted by Gasteiger charge is -2.07. The minimum atomic E-state index is -0.00404. The largest absolute Gasteiger partial charge is 0.221 e. The van der Waals surface area contributed by atoms with Gasteiger partial charge < -0.3 is 0 Å². The molecule has 0 aliphatic carbocycles. The Kier molecular flexibility index (Phi) is 10.9. The van der Waals surface area contributed by atoms with E-state index in [0.29, 0.717) is 0 Å². The summed E-state index contributed by atoms with van der Waals surface area (Å²) in [7, 11) is 0. The molecule has 1 unspecified atom stereocenters. The number of hydrogen-bond acceptors (Lipinski definition) is 3. The van der Waals surface area contributed by atoms with E-state index in [0.717, 1.165) is 12.8 Å². The predicted molar refractivity (Wildman–Crippen MR) is 56.9 cm³/mol. The highest BCUT2D eigenvalue weighted by Crippen LogP contribution is 2.10. The third-order valence-corrected chi connectivity index (χ3v) is 2.42. The molecule has 86 valence electrons. The molecule has 0 aliphatic heterocycles. The van der Waals surface area contributed by atoms with Gasteiger partial charge in [0.05, 0.1) is 6.10 Å². The van der Waals surface area contributed by atoms with E-state index in [1.54, 1.807) is 0 Å². The molecule has 1 atom stereocenters. The van der Waals surface area contributed by atoms with Gasteiger partial charge in [0, 0.05) is 0 Å². The summed E-state index contributed by atoms with van der Waals surface area (Å²) in [6, 6.07) is 0. The van der Waals surface area contributed by atoms with Gasteiger partial charge in [0.2, 0.25) is 0 Å². The smallest absolute Gasteiger partial charge is 0.0933 e. The summed E-state index contributed by atoms with van der Waals surface area (Å²) in [5, 5.41) is 11.6. The maximum atomic E-state index is 8.01. The fourth-order valence-electron chi connectivity index (χ4n) is 1.51. The molecule has 0 amide bonds. The average Bonchev–Trinajstić information content (AvgIpc) is 2.17. The van der Waals surface area contributed by atoms with Crippen LogP contribution in [0.25, 0.3) is 0 Å². The molecule has 0 rings (SSSR count). The van der Waals surface area contributed by atoms with Crippen molar-refractivity contribution in [1.82, 2.24) is 0 Å². The van der Waals surface area contributed by atoms with Gasteiger partial charge in [-0.3, -0.25) is 0 Å². The second kappa shape index (κ2) is 11.0. The minimum absolute atomic E-state index is 0.00404. The fraction of sp³-hybridized carbons (Fsp3) is 1.00. The summed E-state index contributed by atoms with van der Waals surface area (Å²) in [5.74, 6) is 0. The van der Waals surface area contributed by atoms with Crippen molar-refractivity contribution in [2.24, 2.45) is 0 Å². The molecule has 0 saturated heterocycles. The summed E-state index contributed by atoms with van der Waals surface area (Å²) >= 11 is 0. The molecule has 1 N–H and O–H groups in total. The van der Waals surface area contributed by atoms with Crippen LogP contribution in [0.4, 0.5) is 0 Å². The highest BCUT2D eigenvalue weighted by atomic mass is 17.5. The van der Waals surface area contributed by atoms with Crippen molar-refractivity contribution >= 4 is 0 Å². The number of hydrogen-bond donors (Lipinski definition) is 1. The lowest BCUT2D eigenvalue weighted by molar-refractivity contribution is -0.504. The highest BCUT2D eigenvalue weighted by molar-refractivity contribution is 4.50. The second-order valence-corrected chi connectivity index (χ2v) is 3.89. The molecular formula is C11H24O3. The molecule has 0 aromatic carbocycles. The number of rotatable bonds is 10. The minimum Gasteiger partial charge on any atom is -0.221 e. The maximum absolute atomic E-state index is 8.01. The van der Waals surface area contributed by atoms with E-state index >= 15 is 0 Å². The summed E-state index contributed by atoms with van der Waals surface area (Å²) in [4.78, 5) is 4.54. The quantitative estimate of drug-likeness (QED) is 0.333. The molecule has 0 spiro atoms. The van der Waals surface area contributed by atoms with E-state index < -0.39 is 0 Å². The van der Waals surface area contributed by atoms with Crippen LogP contribution in [0.15, 0.2) is 0 Å². The van der Waals surface area contributed by atoms with Crippen LogP contribution in [0.1, 0.15) is 65.2 Å². The molecule has 0 radical (unpaired) electrons. The van der Waals surface area contributed by atoms with Crippen molar-refractivity contribution in [3.8, 4) is 0 Å². The predicted octanol–water partition coefficient (Wildman–Crippen LogP) is 3.94. The van der Waals surface area contributed by atoms with Gasteiger partial charge in [-0.05, 0) is 13.3 Å². The molecule has 0 saturated carbocycles. The zero-order valence-electron chi connectivity index (χ0n) is 9.50. The van der Waals surface area contributed by atoms with Crippen molar-refractivity contribution < 1.29 is 15.2 Å². The van der Waals surface area contributed by atoms with E-state index in [1.807, 2.05) is 6.92 Å². The lowest BCUT2D eigenvalue weighted by atomic mass is 10.1. The van der Waals surface area contributed by atoms with E-state index in [4.69, 9.17) is 5.26 Å². The van der Waals surface area contributed by atoms with Gasteiger partial charge in [-0.2, -0.15) is 0 Å². The first-order valence-corrected chi connectivity index (χ1v) is 5.78. The summed E-state index contributed by atoms with van der Waals surface area (Å²) in [6.07, 6.45) is 10.0. The molecule has 0 aromatic heterocycles. The zero-order valence-corrected chi connectivity index (χ0v) is 9.50. The molecule has 0 bridgehead atoms. The van der Waals surface area contributed by atoms with Crippen LogP contribution in [0.5, 0.6) is 0 Å². The third kappa shape index (κ3) is 9.96. The Bertz CT molecular complexity index is 107. The maximum Gasteiger partial charge on any atom is 0.0933 e. The van der Waals surface area contributed by atoms with Crippen molar-refractivity contribution in [3.63, 3.8) is 0 Å². The Morgan fingerprint density at radius 2 is 1.57 bits per heavy atom. The standard InChI is InChI=1S/C11H24O3/c1-3-4-5-6-7-8-9-10-11(2)13-14-12/h11-12H,3-10H2,1-2H3. The van der Waals surface area contributed by atoms with Crippen LogP contribution in [0.3, 0.4) is 0 Å². The summed E-state index contributed by atoms with van der Waals surface area (Å²) in [5.41, 5.74) is 0. The SMILES string of the molecule is CCCCCCCCCC(C)OOO. The highest BCUT2D eigenvalue weighted by Gasteiger charge is 2.01. The van der Waals surface area contributed by atoms with E-state index in [-0.39, 0.29) is 6.10 Å². The van der Waals surface area contributed by atoms with Crippen LogP contribution >= 0.6 is 0 Å². The van der Waals surface area contributed by atoms with Gasteiger partial charge >= 0.3 is 0 Å². The lowest BCUT2D eigenvalue weighted by Crippen LogP contribution is -2.06. The molecule has 0 aromatic rings. The Morgan fingerprint density at radius 1 is 1.00 bits per heavy atom. The van der Waals surface area contributed by atoms with Gasteiger partial charge in [-0.1, -0.05) is 56.9 Å². The zero-order chi connectivity index (χ0) is 10.6. The van der Waals surface area contributed by atoms with Crippen molar-refractivity contribution in [2.45, 2.75) is 71.3 Å². The van der Waals surface area contributed by atoms with Crippen molar-refractivity contribution in [3.05, 3.63) is 0 Å². The van der Waals surface area contributed by atoms with Crippen LogP contribution in [0.2, 0.25) is 0 Å². The fourth-order valence-corrected chi connectivity index (χ4v) is 1.51. The average molecular weight is 204 g/mol. The van der Waals surface area contributed by atoms with Crippen LogP contribution in [0, 0.1) is 0 Å². The first-order chi connectivity index (χ1) is 6.81. The molecule has 0 heterocycles. The second-order valence-electron chi connectivity index (χ2n) is 3.89. The molecule has 0 aliphatic rings. The van der Waals surface area contributed by atoms with Crippen LogP contribution < -0.4 is 0 Å². The van der Waals surface area contributed by atoms with Gasteiger partial charge in [0.15, 0.2) is 0 Å². The molecule has 3 nitrogen and oxygen atoms in total. The van der Waals surface area contributed by atoms with Gasteiger partial charge in [0.25, 0.3) is 0 Å². The first kappa shape index (κ1) is 13.9. The Hall–Kier alpha value is -0.120. The van der Waals surface area contributed by atoms with Crippen molar-refractivity contribution in [2.75, 3.05) is 0 Å². The molecule has 3 heteroatoms. The Labute approximate surface area is 87.3 Å². The summed E-state index contributed by atoms with van der Waals surface area (Å²) < 4.78 is 0. The van der Waals surface area contributed by atoms with E-state index in [9.17, 15) is 0 Å². The van der Waals surface area contributed by atoms with Gasteiger partial charge in [-0.25, -0.2) is 10.1 Å².